The quantitative estimate of drug-likeness (QED) is 0.0709. The molecule has 0 bridgehead atoms. The largest absolute Gasteiger partial charge is 0.345 e. The van der Waals surface area contributed by atoms with E-state index in [2.05, 4.69) is 597 Å². The first kappa shape index (κ1) is 85.9. The average Bonchev–Trinajstić information content (AvgIpc) is 0.794. The van der Waals surface area contributed by atoms with Crippen molar-refractivity contribution in [2.24, 2.45) is 0 Å². The van der Waals surface area contributed by atoms with E-state index < -0.39 is 0 Å². The van der Waals surface area contributed by atoms with E-state index in [0.29, 0.717) is 0 Å². The van der Waals surface area contributed by atoms with Gasteiger partial charge in [-0.25, -0.2) is 0 Å². The number of hydrogen-bond donors (Lipinski definition) is 0. The second-order valence-electron chi connectivity index (χ2n) is 34.6. The minimum atomic E-state index is 1.11. The van der Waals surface area contributed by atoms with Crippen LogP contribution >= 0.6 is 0 Å². The molecule has 0 amide bonds. The van der Waals surface area contributed by atoms with Crippen LogP contribution in [0.2, 0.25) is 0 Å². The molecular formula is C131H100N6. The lowest BCUT2D eigenvalue weighted by atomic mass is 10.0. The summed E-state index contributed by atoms with van der Waals surface area (Å²) in [6, 6.07) is 198. The summed E-state index contributed by atoms with van der Waals surface area (Å²) in [6.07, 6.45) is 0. The summed E-state index contributed by atoms with van der Waals surface area (Å²) in [5.74, 6) is 0. The van der Waals surface area contributed by atoms with E-state index in [0.717, 1.165) is 68.2 Å². The number of anilines is 15. The van der Waals surface area contributed by atoms with Crippen molar-refractivity contribution in [3.63, 3.8) is 0 Å². The normalized spacial score (nSPS) is 11.0. The lowest BCUT2D eigenvalue weighted by molar-refractivity contribution is 1.21. The van der Waals surface area contributed by atoms with E-state index in [1.807, 2.05) is 6.07 Å². The summed E-state index contributed by atoms with van der Waals surface area (Å²) >= 11 is 0. The van der Waals surface area contributed by atoms with E-state index in [1.165, 1.54) is 138 Å². The van der Waals surface area contributed by atoms with Crippen molar-refractivity contribution < 1.29 is 0 Å². The van der Waals surface area contributed by atoms with Gasteiger partial charge in [0.15, 0.2) is 0 Å². The van der Waals surface area contributed by atoms with Crippen LogP contribution in [-0.4, -0.2) is 21.1 Å². The fourth-order valence-electron chi connectivity index (χ4n) is 18.9. The number of nitrogens with zero attached hydrogens (tertiary/aromatic N) is 6. The number of rotatable bonds is 21. The lowest BCUT2D eigenvalue weighted by Crippen LogP contribution is -2.10. The molecular weight excluding hydrogens is 1660 g/mol. The first-order chi connectivity index (χ1) is 67.7. The van der Waals surface area contributed by atoms with Crippen LogP contribution in [0.25, 0.3) is 121 Å². The molecule has 0 aliphatic carbocycles. The van der Waals surface area contributed by atoms with Crippen molar-refractivity contribution in [2.75, 3.05) is 50.5 Å². The van der Waals surface area contributed by atoms with Gasteiger partial charge in [0.1, 0.15) is 0 Å². The molecule has 0 atom stereocenters. The fourth-order valence-corrected chi connectivity index (χ4v) is 18.9. The van der Waals surface area contributed by atoms with Gasteiger partial charge in [0, 0.05) is 111 Å². The van der Waals surface area contributed by atoms with Crippen molar-refractivity contribution in [3.8, 4) is 66.8 Å². The Balaban J connectivity index is 0.000000123. The van der Waals surface area contributed by atoms with Crippen LogP contribution in [0.1, 0.15) is 0 Å². The predicted molar refractivity (Wildman–Crippen MR) is 587 cm³/mol. The molecule has 0 heterocycles. The first-order valence-corrected chi connectivity index (χ1v) is 46.8. The second kappa shape index (κ2) is 39.7. The third kappa shape index (κ3) is 18.7. The molecule has 23 aromatic carbocycles. The Morgan fingerprint density at radius 1 is 0.109 bits per heavy atom. The Morgan fingerprint density at radius 2 is 0.314 bits per heavy atom. The molecule has 6 nitrogen and oxygen atoms in total. The molecule has 23 aromatic rings. The highest BCUT2D eigenvalue weighted by atomic mass is 15.2. The number of fused-ring (bicyclic) bond motifs is 5. The van der Waals surface area contributed by atoms with Crippen LogP contribution in [-0.2, 0) is 0 Å². The van der Waals surface area contributed by atoms with Crippen LogP contribution in [0.15, 0.2) is 552 Å². The molecule has 0 aliphatic heterocycles. The van der Waals surface area contributed by atoms with Crippen LogP contribution < -0.4 is 29.4 Å². The van der Waals surface area contributed by atoms with Gasteiger partial charge in [0.25, 0.3) is 0 Å². The van der Waals surface area contributed by atoms with Gasteiger partial charge in [-0.3, -0.25) is 0 Å². The SMILES string of the molecule is CN(c1ccc(-c2ccc(N(c3ccc(-c4ccccc4)cc3)c3cccc4ccccc34)cc2)cc1)c1ccc2ccccc2c1.CN(c1ccc(-c2ccc(N(c3cccc(-c4ccccc4)c3)c3cccc4ccccc34)cc2)cc1)c1cccc2ccccc12.CN(c1ccccc1)c1ccc(-c2ccc(N(c3cccc(-c4ccccc4)c3)c3cccc4ccccc34)cc2)cc1. The average molecular weight is 1760 g/mol. The highest BCUT2D eigenvalue weighted by Crippen LogP contribution is 2.47. The van der Waals surface area contributed by atoms with Crippen LogP contribution in [0.5, 0.6) is 0 Å². The molecule has 23 rings (SSSR count). The van der Waals surface area contributed by atoms with Crippen LogP contribution in [0, 0.1) is 0 Å². The molecule has 0 saturated carbocycles. The number of benzene rings is 23. The zero-order valence-corrected chi connectivity index (χ0v) is 76.7. The molecule has 0 unspecified atom stereocenters. The van der Waals surface area contributed by atoms with Gasteiger partial charge in [-0.15, -0.1) is 0 Å². The minimum absolute atomic E-state index is 1.11. The molecule has 0 N–H and O–H groups in total. The van der Waals surface area contributed by atoms with Crippen molar-refractivity contribution in [1.29, 1.82) is 0 Å². The second-order valence-corrected chi connectivity index (χ2v) is 34.6. The summed E-state index contributed by atoms with van der Waals surface area (Å²) in [5.41, 5.74) is 31.5. The third-order valence-electron chi connectivity index (χ3n) is 26.2. The van der Waals surface area contributed by atoms with Gasteiger partial charge in [0.2, 0.25) is 0 Å². The Bertz CT molecular complexity index is 8060. The van der Waals surface area contributed by atoms with Gasteiger partial charge in [-0.05, 0) is 257 Å². The Morgan fingerprint density at radius 3 is 0.657 bits per heavy atom. The standard InChI is InChI=1S/2C45H34N2.C41H32N2/c1-46(44-22-10-16-36-14-5-7-20-42(36)44)39-28-24-34(25-29-39)35-26-30-40(31-27-35)47(45-23-11-17-37-15-6-8-21-43(37)45)41-19-9-18-38(32-41)33-12-3-2-4-13-33;1-46(43-31-24-34-12-5-6-14-39(34)32-43)40-25-18-36(19-26-40)37-22-29-42(30-23-37)47(45-17-9-15-38-13-7-8-16-44(38)45)41-27-20-35(21-28-41)33-10-3-2-4-11-33;1-42(36-17-6-3-7-18-36)37-26-22-32(23-27-37)33-24-28-38(29-25-33)43(41-21-11-15-34-14-8-9-20-40(34)41)39-19-10-16-35(30-39)31-12-4-2-5-13-31/h2*2-32H,1H3;2-30H,1H3. The number of para-hydroxylation sites is 1. The van der Waals surface area contributed by atoms with Crippen molar-refractivity contribution in [1.82, 2.24) is 0 Å². The monoisotopic (exact) mass is 1760 g/mol. The maximum Gasteiger partial charge on any atom is 0.0540 e. The Labute approximate surface area is 802 Å². The molecule has 0 spiro atoms. The summed E-state index contributed by atoms with van der Waals surface area (Å²) in [4.78, 5) is 13.8. The van der Waals surface area contributed by atoms with Gasteiger partial charge in [-0.1, -0.05) is 394 Å². The zero-order chi connectivity index (χ0) is 92.2. The molecule has 654 valence electrons. The Kier molecular flexibility index (Phi) is 24.9. The van der Waals surface area contributed by atoms with Gasteiger partial charge in [0.05, 0.1) is 17.1 Å². The molecule has 0 fully saturated rings. The van der Waals surface area contributed by atoms with E-state index in [4.69, 9.17) is 0 Å². The summed E-state index contributed by atoms with van der Waals surface area (Å²) < 4.78 is 0. The van der Waals surface area contributed by atoms with Crippen LogP contribution in [0.4, 0.5) is 85.3 Å². The number of hydrogen-bond acceptors (Lipinski definition) is 6. The highest BCUT2D eigenvalue weighted by molar-refractivity contribution is 6.03. The molecule has 137 heavy (non-hydrogen) atoms. The fraction of sp³-hybridized carbons (Fsp3) is 0.0229. The molecule has 0 aromatic heterocycles. The molecule has 0 aliphatic rings. The third-order valence-corrected chi connectivity index (χ3v) is 26.2. The summed E-state index contributed by atoms with van der Waals surface area (Å²) in [5, 5.41) is 12.3. The molecule has 0 saturated heterocycles. The smallest absolute Gasteiger partial charge is 0.0540 e. The van der Waals surface area contributed by atoms with E-state index in [-0.39, 0.29) is 0 Å². The van der Waals surface area contributed by atoms with Crippen LogP contribution in [0.3, 0.4) is 0 Å². The Hall–Kier alpha value is -17.8. The topological polar surface area (TPSA) is 19.4 Å². The lowest BCUT2D eigenvalue weighted by Gasteiger charge is -2.27. The minimum Gasteiger partial charge on any atom is -0.345 e. The summed E-state index contributed by atoms with van der Waals surface area (Å²) in [6.45, 7) is 0. The van der Waals surface area contributed by atoms with E-state index in [1.54, 1.807) is 0 Å². The maximum atomic E-state index is 2.38. The molecule has 0 radical (unpaired) electrons. The first-order valence-electron chi connectivity index (χ1n) is 46.8. The maximum absolute atomic E-state index is 2.38. The van der Waals surface area contributed by atoms with E-state index in [9.17, 15) is 0 Å². The van der Waals surface area contributed by atoms with Gasteiger partial charge < -0.3 is 29.4 Å². The van der Waals surface area contributed by atoms with Gasteiger partial charge >= 0.3 is 0 Å². The van der Waals surface area contributed by atoms with Gasteiger partial charge in [-0.2, -0.15) is 0 Å². The predicted octanol–water partition coefficient (Wildman–Crippen LogP) is 36.5. The summed E-state index contributed by atoms with van der Waals surface area (Å²) in [7, 11) is 6.37. The highest BCUT2D eigenvalue weighted by Gasteiger charge is 2.22. The zero-order valence-electron chi connectivity index (χ0n) is 76.7. The van der Waals surface area contributed by atoms with E-state index >= 15 is 0 Å². The van der Waals surface area contributed by atoms with Crippen molar-refractivity contribution in [3.05, 3.63) is 552 Å². The van der Waals surface area contributed by atoms with Crippen molar-refractivity contribution >= 4 is 139 Å². The van der Waals surface area contributed by atoms with Crippen molar-refractivity contribution in [2.45, 2.75) is 0 Å². The molecule has 6 heteroatoms.